The molecule has 1 unspecified atom stereocenters. The van der Waals surface area contributed by atoms with Crippen molar-refractivity contribution in [3.05, 3.63) is 24.3 Å². The molecular formula is C11H12F2N2. The summed E-state index contributed by atoms with van der Waals surface area (Å²) in [7, 11) is 0. The molecule has 0 radical (unpaired) electrons. The maximum absolute atomic E-state index is 13.1. The van der Waals surface area contributed by atoms with Crippen molar-refractivity contribution in [3.63, 3.8) is 0 Å². The fraction of sp³-hybridized carbons (Fsp3) is 0.455. The third-order valence-corrected chi connectivity index (χ3v) is 3.33. The normalized spacial score (nSPS) is 27.8. The summed E-state index contributed by atoms with van der Waals surface area (Å²) in [4.78, 5) is 1.81. The lowest BCUT2D eigenvalue weighted by Crippen LogP contribution is -2.52. The van der Waals surface area contributed by atoms with Crippen molar-refractivity contribution in [1.82, 2.24) is 0 Å². The molecule has 0 bridgehead atoms. The number of hydrogen-bond donors (Lipinski definition) is 1. The van der Waals surface area contributed by atoms with Crippen molar-refractivity contribution >= 4 is 11.4 Å². The zero-order chi connectivity index (χ0) is 10.5. The molecule has 0 aromatic heterocycles. The van der Waals surface area contributed by atoms with Crippen molar-refractivity contribution in [2.45, 2.75) is 24.9 Å². The van der Waals surface area contributed by atoms with E-state index < -0.39 is 12.1 Å². The first kappa shape index (κ1) is 8.95. The lowest BCUT2D eigenvalue weighted by atomic mass is 10.1. The molecule has 80 valence electrons. The maximum Gasteiger partial charge on any atom is 0.279 e. The van der Waals surface area contributed by atoms with Gasteiger partial charge in [-0.3, -0.25) is 0 Å². The highest BCUT2D eigenvalue weighted by molar-refractivity contribution is 5.78. The third kappa shape index (κ3) is 1.02. The fourth-order valence-corrected chi connectivity index (χ4v) is 2.64. The van der Waals surface area contributed by atoms with Crippen molar-refractivity contribution in [1.29, 1.82) is 0 Å². The minimum absolute atomic E-state index is 0.513. The first-order chi connectivity index (χ1) is 7.24. The Bertz CT molecular complexity index is 394. The second kappa shape index (κ2) is 2.84. The second-order valence-corrected chi connectivity index (χ2v) is 4.12. The summed E-state index contributed by atoms with van der Waals surface area (Å²) in [6.07, 6.45) is -1.02. The molecule has 2 aliphatic rings. The van der Waals surface area contributed by atoms with Gasteiger partial charge in [0.2, 0.25) is 0 Å². The summed E-state index contributed by atoms with van der Waals surface area (Å²) in [5.74, 6) is 0. The molecule has 1 saturated heterocycles. The van der Waals surface area contributed by atoms with E-state index in [9.17, 15) is 8.78 Å². The van der Waals surface area contributed by atoms with Gasteiger partial charge in [-0.15, -0.1) is 0 Å². The van der Waals surface area contributed by atoms with Crippen LogP contribution in [0.2, 0.25) is 0 Å². The predicted octanol–water partition coefficient (Wildman–Crippen LogP) is 2.67. The van der Waals surface area contributed by atoms with Crippen LogP contribution in [0.25, 0.3) is 0 Å². The van der Waals surface area contributed by atoms with Crippen LogP contribution in [0.5, 0.6) is 0 Å². The van der Waals surface area contributed by atoms with Crippen molar-refractivity contribution < 1.29 is 8.78 Å². The monoisotopic (exact) mass is 210 g/mol. The number of benzene rings is 1. The van der Waals surface area contributed by atoms with Crippen LogP contribution < -0.4 is 10.2 Å². The van der Waals surface area contributed by atoms with Gasteiger partial charge in [-0.1, -0.05) is 12.1 Å². The number of alkyl halides is 2. The van der Waals surface area contributed by atoms with Crippen LogP contribution in [0.3, 0.4) is 0 Å². The van der Waals surface area contributed by atoms with Crippen LogP contribution in [0, 0.1) is 0 Å². The largest absolute Gasteiger partial charge is 0.356 e. The van der Waals surface area contributed by atoms with Gasteiger partial charge in [-0.05, 0) is 25.0 Å². The Balaban J connectivity index is 2.09. The number of rotatable bonds is 1. The number of nitrogens with one attached hydrogen (secondary N) is 1. The number of halogens is 2. The van der Waals surface area contributed by atoms with E-state index in [1.54, 1.807) is 0 Å². The van der Waals surface area contributed by atoms with E-state index in [0.29, 0.717) is 13.0 Å². The van der Waals surface area contributed by atoms with E-state index in [4.69, 9.17) is 0 Å². The molecular weight excluding hydrogens is 198 g/mol. The van der Waals surface area contributed by atoms with Gasteiger partial charge in [0.15, 0.2) is 5.66 Å². The van der Waals surface area contributed by atoms with Gasteiger partial charge in [-0.2, -0.15) is 0 Å². The quantitative estimate of drug-likeness (QED) is 0.766. The second-order valence-electron chi connectivity index (χ2n) is 4.12. The lowest BCUT2D eigenvalue weighted by molar-refractivity contribution is 0.0740. The Hall–Kier alpha value is -1.32. The molecule has 1 N–H and O–H groups in total. The molecule has 4 heteroatoms. The van der Waals surface area contributed by atoms with Gasteiger partial charge in [-0.25, -0.2) is 8.78 Å². The number of hydrogen-bond acceptors (Lipinski definition) is 2. The van der Waals surface area contributed by atoms with Gasteiger partial charge in [0, 0.05) is 6.54 Å². The topological polar surface area (TPSA) is 15.3 Å². The molecule has 0 aliphatic carbocycles. The predicted molar refractivity (Wildman–Crippen MR) is 55.4 cm³/mol. The summed E-state index contributed by atoms with van der Waals surface area (Å²) in [5, 5.41) is 2.99. The van der Waals surface area contributed by atoms with Crippen molar-refractivity contribution in [2.75, 3.05) is 16.8 Å². The molecule has 1 aromatic rings. The highest BCUT2D eigenvalue weighted by atomic mass is 19.3. The van der Waals surface area contributed by atoms with E-state index in [0.717, 1.165) is 17.8 Å². The zero-order valence-corrected chi connectivity index (χ0v) is 8.21. The number of fused-ring (bicyclic) bond motifs is 3. The Morgan fingerprint density at radius 1 is 1.33 bits per heavy atom. The molecule has 1 aromatic carbocycles. The summed E-state index contributed by atoms with van der Waals surface area (Å²) in [6.45, 7) is 0.717. The number of nitrogens with zero attached hydrogens (tertiary/aromatic N) is 1. The molecule has 0 amide bonds. The van der Waals surface area contributed by atoms with Gasteiger partial charge in [0.25, 0.3) is 6.43 Å². The standard InChI is InChI=1S/C11H12F2N2/c12-10(13)11-6-3-7-15(11)9-5-2-1-4-8(9)14-11/h1-2,4-5,10,14H,3,6-7H2. The number of para-hydroxylation sites is 2. The van der Waals surface area contributed by atoms with Crippen molar-refractivity contribution in [2.24, 2.45) is 0 Å². The van der Waals surface area contributed by atoms with Gasteiger partial charge in [0.1, 0.15) is 0 Å². The summed E-state index contributed by atoms with van der Waals surface area (Å²) in [5.41, 5.74) is 0.608. The smallest absolute Gasteiger partial charge is 0.279 e. The van der Waals surface area contributed by atoms with Crippen LogP contribution >= 0.6 is 0 Å². The van der Waals surface area contributed by atoms with Crippen LogP contribution in [-0.2, 0) is 0 Å². The van der Waals surface area contributed by atoms with E-state index in [-0.39, 0.29) is 0 Å². The highest BCUT2D eigenvalue weighted by Crippen LogP contribution is 2.47. The summed E-state index contributed by atoms with van der Waals surface area (Å²) in [6, 6.07) is 7.52. The Kier molecular flexibility index (Phi) is 1.69. The minimum Gasteiger partial charge on any atom is -0.356 e. The summed E-state index contributed by atoms with van der Waals surface area (Å²) < 4.78 is 26.3. The highest BCUT2D eigenvalue weighted by Gasteiger charge is 2.53. The van der Waals surface area contributed by atoms with Crippen molar-refractivity contribution in [3.8, 4) is 0 Å². The molecule has 0 spiro atoms. The number of anilines is 2. The Morgan fingerprint density at radius 2 is 2.13 bits per heavy atom. The van der Waals surface area contributed by atoms with Gasteiger partial charge in [0.05, 0.1) is 11.4 Å². The lowest BCUT2D eigenvalue weighted by Gasteiger charge is -2.32. The molecule has 2 nitrogen and oxygen atoms in total. The van der Waals surface area contributed by atoms with Gasteiger partial charge < -0.3 is 10.2 Å². The van der Waals surface area contributed by atoms with Crippen LogP contribution in [0.4, 0.5) is 20.2 Å². The summed E-state index contributed by atoms with van der Waals surface area (Å²) >= 11 is 0. The van der Waals surface area contributed by atoms with E-state index in [1.807, 2.05) is 29.2 Å². The minimum atomic E-state index is -2.35. The average molecular weight is 210 g/mol. The maximum atomic E-state index is 13.1. The van der Waals surface area contributed by atoms with E-state index in [2.05, 4.69) is 5.32 Å². The molecule has 1 fully saturated rings. The average Bonchev–Trinajstić information content (AvgIpc) is 2.73. The van der Waals surface area contributed by atoms with Gasteiger partial charge >= 0.3 is 0 Å². The first-order valence-corrected chi connectivity index (χ1v) is 5.17. The Labute approximate surface area is 86.9 Å². The van der Waals surface area contributed by atoms with Crippen LogP contribution in [0.1, 0.15) is 12.8 Å². The van der Waals surface area contributed by atoms with E-state index in [1.165, 1.54) is 0 Å². The third-order valence-electron chi connectivity index (χ3n) is 3.33. The zero-order valence-electron chi connectivity index (χ0n) is 8.21. The fourth-order valence-electron chi connectivity index (χ4n) is 2.64. The molecule has 2 aliphatic heterocycles. The Morgan fingerprint density at radius 3 is 2.93 bits per heavy atom. The first-order valence-electron chi connectivity index (χ1n) is 5.17. The molecule has 0 saturated carbocycles. The van der Waals surface area contributed by atoms with Crippen LogP contribution in [-0.4, -0.2) is 18.6 Å². The molecule has 3 rings (SSSR count). The molecule has 15 heavy (non-hydrogen) atoms. The molecule has 2 heterocycles. The van der Waals surface area contributed by atoms with E-state index >= 15 is 0 Å². The molecule has 1 atom stereocenters. The van der Waals surface area contributed by atoms with Crippen LogP contribution in [0.15, 0.2) is 24.3 Å². The SMILES string of the molecule is FC(F)C12CCCN1c1ccccc1N2.